The van der Waals surface area contributed by atoms with Gasteiger partial charge in [0.05, 0.1) is 21.2 Å². The highest BCUT2D eigenvalue weighted by atomic mass is 35.5. The zero-order valence-electron chi connectivity index (χ0n) is 12.4. The van der Waals surface area contributed by atoms with Gasteiger partial charge in [0, 0.05) is 19.3 Å². The molecule has 2 rings (SSSR count). The second kappa shape index (κ2) is 7.88. The first kappa shape index (κ1) is 19.3. The normalized spacial score (nSPS) is 11.3. The molecule has 0 saturated heterocycles. The van der Waals surface area contributed by atoms with Gasteiger partial charge in [0.2, 0.25) is 0 Å². The van der Waals surface area contributed by atoms with Gasteiger partial charge >= 0.3 is 6.18 Å². The fourth-order valence-electron chi connectivity index (χ4n) is 1.92. The Morgan fingerprint density at radius 1 is 1.16 bits per heavy atom. The van der Waals surface area contributed by atoms with Gasteiger partial charge in [-0.05, 0) is 24.3 Å². The van der Waals surface area contributed by atoms with Crippen LogP contribution in [0.2, 0.25) is 10.0 Å². The Kier molecular flexibility index (Phi) is 6.07. The van der Waals surface area contributed by atoms with Crippen LogP contribution in [0.25, 0.3) is 0 Å². The monoisotopic (exact) mass is 395 g/mol. The zero-order valence-corrected chi connectivity index (χ0v) is 13.9. The average Bonchev–Trinajstić information content (AvgIpc) is 2.54. The molecule has 10 heteroatoms. The second-order valence-electron chi connectivity index (χ2n) is 4.83. The average molecular weight is 396 g/mol. The Balaban J connectivity index is 1.94. The van der Waals surface area contributed by atoms with E-state index in [0.29, 0.717) is 0 Å². The van der Waals surface area contributed by atoms with E-state index in [1.165, 1.54) is 12.3 Å². The molecule has 2 aromatic rings. The van der Waals surface area contributed by atoms with Crippen LogP contribution in [-0.4, -0.2) is 24.0 Å². The van der Waals surface area contributed by atoms with Crippen molar-refractivity contribution in [3.63, 3.8) is 0 Å². The zero-order chi connectivity index (χ0) is 18.6. The molecule has 0 aliphatic heterocycles. The number of aromatic nitrogens is 1. The number of nitrogens with zero attached hydrogens (tertiary/aromatic N) is 1. The number of carbonyl (C=O) groups excluding carboxylic acids is 1. The van der Waals surface area contributed by atoms with E-state index in [1.807, 2.05) is 0 Å². The van der Waals surface area contributed by atoms with Crippen LogP contribution in [-0.2, 0) is 6.18 Å². The van der Waals surface area contributed by atoms with Crippen LogP contribution in [0.5, 0.6) is 0 Å². The minimum atomic E-state index is -4.55. The lowest BCUT2D eigenvalue weighted by molar-refractivity contribution is -0.137. The van der Waals surface area contributed by atoms with Gasteiger partial charge in [-0.3, -0.25) is 4.79 Å². The molecule has 0 spiro atoms. The minimum absolute atomic E-state index is 0.0282. The molecule has 0 saturated carbocycles. The summed E-state index contributed by atoms with van der Waals surface area (Å²) >= 11 is 11.4. The largest absolute Gasteiger partial charge is 0.419 e. The summed E-state index contributed by atoms with van der Waals surface area (Å²) in [7, 11) is 0. The predicted octanol–water partition coefficient (Wildman–Crippen LogP) is 4.39. The topological polar surface area (TPSA) is 54.0 Å². The molecule has 1 heterocycles. The first-order valence-corrected chi connectivity index (χ1v) is 7.64. The molecule has 0 fully saturated rings. The smallest absolute Gasteiger partial charge is 0.368 e. The molecule has 4 nitrogen and oxygen atoms in total. The van der Waals surface area contributed by atoms with Crippen LogP contribution in [0, 0.1) is 5.82 Å². The lowest BCUT2D eigenvalue weighted by Crippen LogP contribution is -2.29. The number of benzene rings is 1. The van der Waals surface area contributed by atoms with Crippen molar-refractivity contribution in [2.75, 3.05) is 18.4 Å². The molecule has 2 N–H and O–H groups in total. The van der Waals surface area contributed by atoms with Crippen molar-refractivity contribution in [1.82, 2.24) is 10.3 Å². The van der Waals surface area contributed by atoms with E-state index < -0.39 is 23.5 Å². The molecule has 0 aliphatic carbocycles. The van der Waals surface area contributed by atoms with Crippen LogP contribution in [0.4, 0.5) is 23.4 Å². The molecular formula is C15H11Cl2F4N3O. The summed E-state index contributed by atoms with van der Waals surface area (Å²) in [6, 6.07) is 4.04. The highest BCUT2D eigenvalue weighted by molar-refractivity contribution is 6.36. The Morgan fingerprint density at radius 3 is 2.56 bits per heavy atom. The molecule has 134 valence electrons. The number of alkyl halides is 3. The van der Waals surface area contributed by atoms with Gasteiger partial charge in [0.15, 0.2) is 0 Å². The van der Waals surface area contributed by atoms with E-state index >= 15 is 0 Å². The Morgan fingerprint density at radius 2 is 1.88 bits per heavy atom. The SMILES string of the molecule is O=C(NCCNc1ncccc1C(F)(F)F)c1cc(F)c(Cl)cc1Cl. The maximum absolute atomic E-state index is 13.4. The number of hydrogen-bond donors (Lipinski definition) is 2. The lowest BCUT2D eigenvalue weighted by Gasteiger charge is -2.13. The number of carbonyl (C=O) groups is 1. The maximum atomic E-state index is 13.4. The number of rotatable bonds is 5. The Hall–Kier alpha value is -2.06. The number of hydrogen-bond acceptors (Lipinski definition) is 3. The summed E-state index contributed by atoms with van der Waals surface area (Å²) in [4.78, 5) is 15.6. The number of pyridine rings is 1. The lowest BCUT2D eigenvalue weighted by atomic mass is 10.2. The molecule has 0 atom stereocenters. The van der Waals surface area contributed by atoms with Crippen LogP contribution in [0.3, 0.4) is 0 Å². The third-order valence-electron chi connectivity index (χ3n) is 3.07. The molecule has 1 amide bonds. The molecule has 0 aliphatic rings. The van der Waals surface area contributed by atoms with Crippen molar-refractivity contribution in [1.29, 1.82) is 0 Å². The third kappa shape index (κ3) is 4.96. The predicted molar refractivity (Wildman–Crippen MR) is 86.5 cm³/mol. The van der Waals surface area contributed by atoms with Gasteiger partial charge in [-0.2, -0.15) is 13.2 Å². The van der Waals surface area contributed by atoms with Crippen molar-refractivity contribution >= 4 is 34.9 Å². The molecular weight excluding hydrogens is 385 g/mol. The van der Waals surface area contributed by atoms with E-state index in [-0.39, 0.29) is 34.5 Å². The quantitative estimate of drug-likeness (QED) is 0.448. The Bertz CT molecular complexity index is 784. The van der Waals surface area contributed by atoms with Crippen molar-refractivity contribution in [3.05, 3.63) is 57.5 Å². The molecule has 0 radical (unpaired) electrons. The summed E-state index contributed by atoms with van der Waals surface area (Å²) in [6.07, 6.45) is -3.33. The van der Waals surface area contributed by atoms with Crippen molar-refractivity contribution < 1.29 is 22.4 Å². The fraction of sp³-hybridized carbons (Fsp3) is 0.200. The van der Waals surface area contributed by atoms with Crippen LogP contribution >= 0.6 is 23.2 Å². The second-order valence-corrected chi connectivity index (χ2v) is 5.64. The summed E-state index contributed by atoms with van der Waals surface area (Å²) < 4.78 is 51.8. The number of amides is 1. The first-order chi connectivity index (χ1) is 11.7. The van der Waals surface area contributed by atoms with E-state index in [1.54, 1.807) is 0 Å². The number of nitrogens with one attached hydrogen (secondary N) is 2. The molecule has 0 unspecified atom stereocenters. The first-order valence-electron chi connectivity index (χ1n) is 6.89. The Labute approximate surface area is 150 Å². The number of anilines is 1. The summed E-state index contributed by atoms with van der Waals surface area (Å²) in [6.45, 7) is -0.0627. The van der Waals surface area contributed by atoms with Crippen molar-refractivity contribution in [2.45, 2.75) is 6.18 Å². The van der Waals surface area contributed by atoms with E-state index in [9.17, 15) is 22.4 Å². The van der Waals surface area contributed by atoms with Crippen LogP contribution in [0.15, 0.2) is 30.5 Å². The number of halogens is 6. The van der Waals surface area contributed by atoms with E-state index in [0.717, 1.165) is 18.2 Å². The third-order valence-corrected chi connectivity index (χ3v) is 3.67. The van der Waals surface area contributed by atoms with Crippen molar-refractivity contribution in [3.8, 4) is 0 Å². The standard InChI is InChI=1S/C15H11Cl2F4N3O/c16-10-7-11(17)12(18)6-8(10)14(25)24-5-4-23-13-9(15(19,20)21)2-1-3-22-13/h1-3,6-7H,4-5H2,(H,22,23)(H,24,25). The molecule has 1 aromatic heterocycles. The highest BCUT2D eigenvalue weighted by Gasteiger charge is 2.33. The van der Waals surface area contributed by atoms with Gasteiger partial charge in [-0.25, -0.2) is 9.37 Å². The maximum Gasteiger partial charge on any atom is 0.419 e. The van der Waals surface area contributed by atoms with Gasteiger partial charge < -0.3 is 10.6 Å². The highest BCUT2D eigenvalue weighted by Crippen LogP contribution is 2.33. The van der Waals surface area contributed by atoms with Crippen LogP contribution in [0.1, 0.15) is 15.9 Å². The summed E-state index contributed by atoms with van der Waals surface area (Å²) in [5.74, 6) is -1.84. The minimum Gasteiger partial charge on any atom is -0.368 e. The fourth-order valence-corrected chi connectivity index (χ4v) is 2.39. The van der Waals surface area contributed by atoms with E-state index in [4.69, 9.17) is 23.2 Å². The van der Waals surface area contributed by atoms with Crippen molar-refractivity contribution in [2.24, 2.45) is 0 Å². The van der Waals surface area contributed by atoms with Gasteiger partial charge in [-0.1, -0.05) is 23.2 Å². The van der Waals surface area contributed by atoms with Gasteiger partial charge in [-0.15, -0.1) is 0 Å². The van der Waals surface area contributed by atoms with Crippen LogP contribution < -0.4 is 10.6 Å². The van der Waals surface area contributed by atoms with E-state index in [2.05, 4.69) is 15.6 Å². The summed E-state index contributed by atoms with van der Waals surface area (Å²) in [5, 5.41) is 4.63. The molecule has 0 bridgehead atoms. The molecule has 1 aromatic carbocycles. The molecule has 25 heavy (non-hydrogen) atoms. The van der Waals surface area contributed by atoms with Gasteiger partial charge in [0.25, 0.3) is 5.91 Å². The summed E-state index contributed by atoms with van der Waals surface area (Å²) in [5.41, 5.74) is -1.04. The van der Waals surface area contributed by atoms with Gasteiger partial charge in [0.1, 0.15) is 11.6 Å².